The monoisotopic (exact) mass is 303 g/mol. The minimum absolute atomic E-state index is 0.181. The number of anilines is 1. The van der Waals surface area contributed by atoms with E-state index < -0.39 is 0 Å². The van der Waals surface area contributed by atoms with Crippen molar-refractivity contribution >= 4 is 23.2 Å². The van der Waals surface area contributed by atoms with Crippen molar-refractivity contribution in [2.24, 2.45) is 0 Å². The molecule has 1 aromatic heterocycles. The number of pyridine rings is 1. The van der Waals surface area contributed by atoms with E-state index in [0.717, 1.165) is 16.9 Å². The SMILES string of the molecule is CNc1cc(C)ncc1C(=O)NC(C)c1ccccc1Cl. The summed E-state index contributed by atoms with van der Waals surface area (Å²) in [5.41, 5.74) is 3.02. The number of aryl methyl sites for hydroxylation is 1. The van der Waals surface area contributed by atoms with Crippen molar-refractivity contribution in [2.75, 3.05) is 12.4 Å². The summed E-state index contributed by atoms with van der Waals surface area (Å²) in [6.45, 7) is 3.79. The number of amides is 1. The highest BCUT2D eigenvalue weighted by Crippen LogP contribution is 2.23. The molecule has 0 saturated heterocycles. The predicted octanol–water partition coefficient (Wildman–Crippen LogP) is 3.58. The van der Waals surface area contributed by atoms with Crippen LogP contribution >= 0.6 is 11.6 Å². The second-order valence-electron chi connectivity index (χ2n) is 4.84. The van der Waals surface area contributed by atoms with Gasteiger partial charge in [0.05, 0.1) is 17.3 Å². The van der Waals surface area contributed by atoms with E-state index in [1.54, 1.807) is 13.2 Å². The maximum absolute atomic E-state index is 12.4. The summed E-state index contributed by atoms with van der Waals surface area (Å²) in [6, 6.07) is 9.14. The van der Waals surface area contributed by atoms with Crippen LogP contribution in [-0.2, 0) is 0 Å². The fourth-order valence-electron chi connectivity index (χ4n) is 2.13. The van der Waals surface area contributed by atoms with E-state index in [4.69, 9.17) is 11.6 Å². The van der Waals surface area contributed by atoms with Crippen molar-refractivity contribution in [1.82, 2.24) is 10.3 Å². The lowest BCUT2D eigenvalue weighted by Gasteiger charge is -2.17. The molecule has 1 unspecified atom stereocenters. The van der Waals surface area contributed by atoms with Gasteiger partial charge in [-0.15, -0.1) is 0 Å². The summed E-state index contributed by atoms with van der Waals surface area (Å²) < 4.78 is 0. The van der Waals surface area contributed by atoms with Gasteiger partial charge in [0.2, 0.25) is 0 Å². The Bertz CT molecular complexity index is 658. The molecule has 110 valence electrons. The molecule has 0 bridgehead atoms. The molecule has 0 spiro atoms. The number of hydrogen-bond donors (Lipinski definition) is 2. The molecule has 0 aliphatic carbocycles. The number of rotatable bonds is 4. The maximum atomic E-state index is 12.4. The highest BCUT2D eigenvalue weighted by atomic mass is 35.5. The zero-order chi connectivity index (χ0) is 15.4. The Kier molecular flexibility index (Phi) is 4.81. The first kappa shape index (κ1) is 15.3. The van der Waals surface area contributed by atoms with Crippen LogP contribution in [0.1, 0.15) is 34.6 Å². The molecule has 5 heteroatoms. The number of carbonyl (C=O) groups is 1. The molecular formula is C16H18ClN3O. The smallest absolute Gasteiger partial charge is 0.255 e. The molecule has 0 aliphatic rings. The molecule has 0 fully saturated rings. The average molecular weight is 304 g/mol. The van der Waals surface area contributed by atoms with Gasteiger partial charge in [0.1, 0.15) is 0 Å². The van der Waals surface area contributed by atoms with Crippen LogP contribution in [0.2, 0.25) is 5.02 Å². The van der Waals surface area contributed by atoms with Gasteiger partial charge in [-0.25, -0.2) is 0 Å². The van der Waals surface area contributed by atoms with Crippen LogP contribution < -0.4 is 10.6 Å². The third-order valence-electron chi connectivity index (χ3n) is 3.27. The first-order chi connectivity index (χ1) is 10.0. The van der Waals surface area contributed by atoms with Crippen molar-refractivity contribution in [3.05, 3.63) is 58.4 Å². The molecule has 1 heterocycles. The van der Waals surface area contributed by atoms with Gasteiger partial charge in [-0.05, 0) is 31.5 Å². The van der Waals surface area contributed by atoms with Gasteiger partial charge >= 0.3 is 0 Å². The summed E-state index contributed by atoms with van der Waals surface area (Å²) in [5.74, 6) is -0.181. The third kappa shape index (κ3) is 3.52. The van der Waals surface area contributed by atoms with E-state index in [-0.39, 0.29) is 11.9 Å². The van der Waals surface area contributed by atoms with Crippen molar-refractivity contribution < 1.29 is 4.79 Å². The van der Waals surface area contributed by atoms with E-state index in [0.29, 0.717) is 10.6 Å². The second kappa shape index (κ2) is 6.59. The minimum atomic E-state index is -0.183. The Hall–Kier alpha value is -2.07. The van der Waals surface area contributed by atoms with Crippen molar-refractivity contribution in [3.63, 3.8) is 0 Å². The minimum Gasteiger partial charge on any atom is -0.387 e. The molecule has 0 radical (unpaired) electrons. The lowest BCUT2D eigenvalue weighted by atomic mass is 10.1. The van der Waals surface area contributed by atoms with Crippen LogP contribution in [-0.4, -0.2) is 17.9 Å². The van der Waals surface area contributed by atoms with E-state index >= 15 is 0 Å². The molecule has 2 aromatic rings. The van der Waals surface area contributed by atoms with Crippen LogP contribution in [0.3, 0.4) is 0 Å². The molecule has 21 heavy (non-hydrogen) atoms. The van der Waals surface area contributed by atoms with Gasteiger partial charge in [-0.3, -0.25) is 9.78 Å². The number of carbonyl (C=O) groups excluding carboxylic acids is 1. The van der Waals surface area contributed by atoms with Gasteiger partial charge in [0, 0.05) is 24.0 Å². The van der Waals surface area contributed by atoms with Crippen LogP contribution in [0.5, 0.6) is 0 Å². The lowest BCUT2D eigenvalue weighted by molar-refractivity contribution is 0.0940. The van der Waals surface area contributed by atoms with Crippen LogP contribution in [0.25, 0.3) is 0 Å². The van der Waals surface area contributed by atoms with E-state index in [1.807, 2.05) is 44.2 Å². The molecule has 2 rings (SSSR count). The summed E-state index contributed by atoms with van der Waals surface area (Å²) in [6.07, 6.45) is 1.58. The molecule has 0 aliphatic heterocycles. The lowest BCUT2D eigenvalue weighted by Crippen LogP contribution is -2.27. The maximum Gasteiger partial charge on any atom is 0.255 e. The number of aromatic nitrogens is 1. The molecule has 0 saturated carbocycles. The molecule has 2 N–H and O–H groups in total. The molecule has 1 amide bonds. The van der Waals surface area contributed by atoms with Crippen molar-refractivity contribution in [3.8, 4) is 0 Å². The molecule has 1 atom stereocenters. The zero-order valence-electron chi connectivity index (χ0n) is 12.3. The Morgan fingerprint density at radius 3 is 2.71 bits per heavy atom. The Balaban J connectivity index is 2.20. The van der Waals surface area contributed by atoms with E-state index in [9.17, 15) is 4.79 Å². The van der Waals surface area contributed by atoms with E-state index in [2.05, 4.69) is 15.6 Å². The normalized spacial score (nSPS) is 11.8. The summed E-state index contributed by atoms with van der Waals surface area (Å²) in [4.78, 5) is 16.6. The number of nitrogens with one attached hydrogen (secondary N) is 2. The largest absolute Gasteiger partial charge is 0.387 e. The highest BCUT2D eigenvalue weighted by Gasteiger charge is 2.16. The first-order valence-electron chi connectivity index (χ1n) is 6.72. The second-order valence-corrected chi connectivity index (χ2v) is 5.25. The number of halogens is 1. The van der Waals surface area contributed by atoms with Crippen molar-refractivity contribution in [1.29, 1.82) is 0 Å². The fourth-order valence-corrected chi connectivity index (χ4v) is 2.43. The van der Waals surface area contributed by atoms with Crippen molar-refractivity contribution in [2.45, 2.75) is 19.9 Å². The Labute approximate surface area is 129 Å². The summed E-state index contributed by atoms with van der Waals surface area (Å²) in [5, 5.41) is 6.60. The number of benzene rings is 1. The highest BCUT2D eigenvalue weighted by molar-refractivity contribution is 6.31. The zero-order valence-corrected chi connectivity index (χ0v) is 13.0. The molecule has 1 aromatic carbocycles. The van der Waals surface area contributed by atoms with Gasteiger partial charge in [0.25, 0.3) is 5.91 Å². The van der Waals surface area contributed by atoms with Gasteiger partial charge in [-0.2, -0.15) is 0 Å². The van der Waals surface area contributed by atoms with Crippen LogP contribution in [0.15, 0.2) is 36.5 Å². The van der Waals surface area contributed by atoms with Gasteiger partial charge < -0.3 is 10.6 Å². The fraction of sp³-hybridized carbons (Fsp3) is 0.250. The van der Waals surface area contributed by atoms with Crippen LogP contribution in [0.4, 0.5) is 5.69 Å². The van der Waals surface area contributed by atoms with Gasteiger partial charge in [0.15, 0.2) is 0 Å². The summed E-state index contributed by atoms with van der Waals surface area (Å²) >= 11 is 6.15. The average Bonchev–Trinajstić information content (AvgIpc) is 2.47. The predicted molar refractivity (Wildman–Crippen MR) is 85.9 cm³/mol. The number of nitrogens with zero attached hydrogens (tertiary/aromatic N) is 1. The van der Waals surface area contributed by atoms with Gasteiger partial charge in [-0.1, -0.05) is 29.8 Å². The molecular weight excluding hydrogens is 286 g/mol. The third-order valence-corrected chi connectivity index (χ3v) is 3.62. The Morgan fingerprint density at radius 1 is 1.33 bits per heavy atom. The molecule has 4 nitrogen and oxygen atoms in total. The standard InChI is InChI=1S/C16H18ClN3O/c1-10-8-15(18-3)13(9-19-10)16(21)20-11(2)12-6-4-5-7-14(12)17/h4-9,11H,1-3H3,(H,18,19)(H,20,21). The number of hydrogen-bond acceptors (Lipinski definition) is 3. The Morgan fingerprint density at radius 2 is 2.05 bits per heavy atom. The van der Waals surface area contributed by atoms with E-state index in [1.165, 1.54) is 0 Å². The summed E-state index contributed by atoms with van der Waals surface area (Å²) in [7, 11) is 1.78. The quantitative estimate of drug-likeness (QED) is 0.908. The van der Waals surface area contributed by atoms with Crippen LogP contribution in [0, 0.1) is 6.92 Å². The first-order valence-corrected chi connectivity index (χ1v) is 7.10. The topological polar surface area (TPSA) is 54.0 Å².